The molecule has 0 spiro atoms. The van der Waals surface area contributed by atoms with Crippen molar-refractivity contribution in [2.24, 2.45) is 5.92 Å². The molecule has 1 saturated heterocycles. The summed E-state index contributed by atoms with van der Waals surface area (Å²) in [5, 5.41) is 13.4. The molecule has 2 unspecified atom stereocenters. The first-order chi connectivity index (χ1) is 9.06. The first-order valence-electron chi connectivity index (χ1n) is 7.91. The highest BCUT2D eigenvalue weighted by molar-refractivity contribution is 4.84. The number of hydrogen-bond acceptors (Lipinski definition) is 4. The average Bonchev–Trinajstić information content (AvgIpc) is 2.78. The van der Waals surface area contributed by atoms with Crippen LogP contribution in [-0.2, 0) is 0 Å². The summed E-state index contributed by atoms with van der Waals surface area (Å²) in [7, 11) is 0. The Balaban J connectivity index is 2.20. The van der Waals surface area contributed by atoms with Gasteiger partial charge in [-0.25, -0.2) is 0 Å². The van der Waals surface area contributed by atoms with Crippen LogP contribution in [0.4, 0.5) is 0 Å². The van der Waals surface area contributed by atoms with Crippen LogP contribution in [0.2, 0.25) is 0 Å². The third-order valence-corrected chi connectivity index (χ3v) is 3.98. The second-order valence-electron chi connectivity index (χ2n) is 6.13. The van der Waals surface area contributed by atoms with Crippen molar-refractivity contribution in [3.63, 3.8) is 0 Å². The highest BCUT2D eigenvalue weighted by Gasteiger charge is 2.26. The molecule has 0 aromatic rings. The van der Waals surface area contributed by atoms with Crippen molar-refractivity contribution in [2.75, 3.05) is 45.8 Å². The SMILES string of the molecule is CCN(CC)C1CCN(CC(O)CNCC(C)C)C1. The first-order valence-corrected chi connectivity index (χ1v) is 7.91. The molecule has 0 aromatic heterocycles. The summed E-state index contributed by atoms with van der Waals surface area (Å²) in [6, 6.07) is 0.686. The van der Waals surface area contributed by atoms with Crippen LogP contribution in [0.5, 0.6) is 0 Å². The minimum Gasteiger partial charge on any atom is -0.390 e. The number of β-amino-alcohol motifs (C(OH)–C–C–N with tert-alkyl or cyclic N) is 1. The quantitative estimate of drug-likeness (QED) is 0.656. The van der Waals surface area contributed by atoms with Gasteiger partial charge >= 0.3 is 0 Å². The van der Waals surface area contributed by atoms with Crippen molar-refractivity contribution >= 4 is 0 Å². The van der Waals surface area contributed by atoms with E-state index in [-0.39, 0.29) is 6.10 Å². The molecule has 1 aliphatic heterocycles. The Bertz CT molecular complexity index is 231. The number of aliphatic hydroxyl groups is 1. The Morgan fingerprint density at radius 1 is 1.26 bits per heavy atom. The number of hydrogen-bond donors (Lipinski definition) is 2. The van der Waals surface area contributed by atoms with Crippen LogP contribution in [0, 0.1) is 5.92 Å². The molecule has 2 atom stereocenters. The molecule has 1 fully saturated rings. The van der Waals surface area contributed by atoms with Crippen molar-refractivity contribution in [3.8, 4) is 0 Å². The van der Waals surface area contributed by atoms with E-state index in [9.17, 15) is 5.11 Å². The van der Waals surface area contributed by atoms with Gasteiger partial charge in [0, 0.05) is 25.7 Å². The van der Waals surface area contributed by atoms with E-state index in [1.807, 2.05) is 0 Å². The van der Waals surface area contributed by atoms with Gasteiger partial charge in [-0.3, -0.25) is 9.80 Å². The third-order valence-electron chi connectivity index (χ3n) is 3.98. The highest BCUT2D eigenvalue weighted by Crippen LogP contribution is 2.15. The lowest BCUT2D eigenvalue weighted by Crippen LogP contribution is -2.41. The van der Waals surface area contributed by atoms with E-state index in [1.54, 1.807) is 0 Å². The minimum atomic E-state index is -0.241. The van der Waals surface area contributed by atoms with Gasteiger partial charge in [0.1, 0.15) is 0 Å². The highest BCUT2D eigenvalue weighted by atomic mass is 16.3. The lowest BCUT2D eigenvalue weighted by Gasteiger charge is -2.27. The van der Waals surface area contributed by atoms with Gasteiger partial charge in [0.2, 0.25) is 0 Å². The molecule has 4 nitrogen and oxygen atoms in total. The number of aliphatic hydroxyl groups excluding tert-OH is 1. The fourth-order valence-electron chi connectivity index (χ4n) is 2.92. The molecular weight excluding hydrogens is 238 g/mol. The van der Waals surface area contributed by atoms with Crippen molar-refractivity contribution in [2.45, 2.75) is 46.3 Å². The lowest BCUT2D eigenvalue weighted by atomic mass is 10.2. The first kappa shape index (κ1) is 16.9. The van der Waals surface area contributed by atoms with Crippen molar-refractivity contribution in [3.05, 3.63) is 0 Å². The molecule has 1 aliphatic rings. The zero-order valence-electron chi connectivity index (χ0n) is 13.2. The Kier molecular flexibility index (Phi) is 7.91. The zero-order valence-corrected chi connectivity index (χ0v) is 13.2. The van der Waals surface area contributed by atoms with Crippen LogP contribution in [-0.4, -0.2) is 72.9 Å². The second-order valence-corrected chi connectivity index (χ2v) is 6.13. The molecule has 0 radical (unpaired) electrons. The normalized spacial score (nSPS) is 22.6. The molecule has 0 bridgehead atoms. The van der Waals surface area contributed by atoms with Crippen molar-refractivity contribution in [1.29, 1.82) is 0 Å². The topological polar surface area (TPSA) is 38.7 Å². The van der Waals surface area contributed by atoms with E-state index < -0.39 is 0 Å². The van der Waals surface area contributed by atoms with Gasteiger partial charge in [0.25, 0.3) is 0 Å². The van der Waals surface area contributed by atoms with E-state index in [4.69, 9.17) is 0 Å². The average molecular weight is 271 g/mol. The smallest absolute Gasteiger partial charge is 0.0791 e. The van der Waals surface area contributed by atoms with E-state index in [2.05, 4.69) is 42.8 Å². The number of likely N-dealkylation sites (tertiary alicyclic amines) is 1. The maximum absolute atomic E-state index is 10.0. The molecule has 0 aromatic carbocycles. The number of nitrogens with one attached hydrogen (secondary N) is 1. The molecule has 2 N–H and O–H groups in total. The Morgan fingerprint density at radius 2 is 1.95 bits per heavy atom. The van der Waals surface area contributed by atoms with Crippen LogP contribution < -0.4 is 5.32 Å². The molecule has 19 heavy (non-hydrogen) atoms. The number of nitrogens with zero attached hydrogens (tertiary/aromatic N) is 2. The predicted octanol–water partition coefficient (Wildman–Crippen LogP) is 1.01. The van der Waals surface area contributed by atoms with Gasteiger partial charge in [0.15, 0.2) is 0 Å². The summed E-state index contributed by atoms with van der Waals surface area (Å²) in [5.41, 5.74) is 0. The summed E-state index contributed by atoms with van der Waals surface area (Å²) < 4.78 is 0. The van der Waals surface area contributed by atoms with Crippen LogP contribution >= 0.6 is 0 Å². The summed E-state index contributed by atoms with van der Waals surface area (Å²) in [5.74, 6) is 0.644. The zero-order chi connectivity index (χ0) is 14.3. The van der Waals surface area contributed by atoms with Crippen LogP contribution in [0.15, 0.2) is 0 Å². The maximum Gasteiger partial charge on any atom is 0.0791 e. The molecule has 0 saturated carbocycles. The summed E-state index contributed by atoms with van der Waals surface area (Å²) in [6.07, 6.45) is 1.00. The van der Waals surface area contributed by atoms with Crippen molar-refractivity contribution < 1.29 is 5.11 Å². The van der Waals surface area contributed by atoms with Gasteiger partial charge in [-0.2, -0.15) is 0 Å². The molecule has 4 heteroatoms. The molecule has 0 amide bonds. The largest absolute Gasteiger partial charge is 0.390 e. The predicted molar refractivity (Wildman–Crippen MR) is 81.5 cm³/mol. The van der Waals surface area contributed by atoms with Gasteiger partial charge in [-0.05, 0) is 38.5 Å². The summed E-state index contributed by atoms with van der Waals surface area (Å²) in [4.78, 5) is 4.94. The molecule has 1 heterocycles. The lowest BCUT2D eigenvalue weighted by molar-refractivity contribution is 0.116. The van der Waals surface area contributed by atoms with Gasteiger partial charge in [-0.15, -0.1) is 0 Å². The van der Waals surface area contributed by atoms with E-state index in [0.717, 1.165) is 39.3 Å². The van der Waals surface area contributed by atoms with Crippen LogP contribution in [0.25, 0.3) is 0 Å². The van der Waals surface area contributed by atoms with E-state index >= 15 is 0 Å². The van der Waals surface area contributed by atoms with Crippen LogP contribution in [0.3, 0.4) is 0 Å². The molecule has 114 valence electrons. The second kappa shape index (κ2) is 8.90. The molecular formula is C15H33N3O. The van der Waals surface area contributed by atoms with E-state index in [1.165, 1.54) is 6.42 Å². The minimum absolute atomic E-state index is 0.241. The van der Waals surface area contributed by atoms with Gasteiger partial charge in [0.05, 0.1) is 6.10 Å². The Hall–Kier alpha value is -0.160. The maximum atomic E-state index is 10.0. The number of likely N-dealkylation sites (N-methyl/N-ethyl adjacent to an activating group) is 1. The molecule has 0 aliphatic carbocycles. The van der Waals surface area contributed by atoms with Gasteiger partial charge < -0.3 is 10.4 Å². The van der Waals surface area contributed by atoms with E-state index in [0.29, 0.717) is 18.5 Å². The third kappa shape index (κ3) is 6.21. The van der Waals surface area contributed by atoms with Gasteiger partial charge in [-0.1, -0.05) is 27.7 Å². The monoisotopic (exact) mass is 271 g/mol. The standard InChI is InChI=1S/C15H33N3O/c1-5-18(6-2)14-7-8-17(11-14)12-15(19)10-16-9-13(3)4/h13-16,19H,5-12H2,1-4H3. The van der Waals surface area contributed by atoms with Crippen molar-refractivity contribution in [1.82, 2.24) is 15.1 Å². The number of rotatable bonds is 9. The summed E-state index contributed by atoms with van der Waals surface area (Å²) in [6.45, 7) is 15.9. The Morgan fingerprint density at radius 3 is 2.53 bits per heavy atom. The van der Waals surface area contributed by atoms with Crippen LogP contribution in [0.1, 0.15) is 34.1 Å². The Labute approximate surface area is 119 Å². The fraction of sp³-hybridized carbons (Fsp3) is 1.00. The molecule has 1 rings (SSSR count). The fourth-order valence-corrected chi connectivity index (χ4v) is 2.92. The summed E-state index contributed by atoms with van der Waals surface area (Å²) >= 11 is 0.